The van der Waals surface area contributed by atoms with Gasteiger partial charge in [0.1, 0.15) is 5.69 Å². The number of hydrogen-bond acceptors (Lipinski definition) is 4. The van der Waals surface area contributed by atoms with Crippen molar-refractivity contribution >= 4 is 28.7 Å². The summed E-state index contributed by atoms with van der Waals surface area (Å²) in [7, 11) is 4.01. The number of nitrogens with zero attached hydrogens (tertiary/aromatic N) is 2. The van der Waals surface area contributed by atoms with Gasteiger partial charge in [-0.3, -0.25) is 9.78 Å². The average molecular weight is 346 g/mol. The molecule has 0 unspecified atom stereocenters. The molecular weight excluding hydrogens is 324 g/mol. The molecule has 3 rings (SSSR count). The van der Waals surface area contributed by atoms with E-state index in [1.165, 1.54) is 0 Å². The Morgan fingerprint density at radius 2 is 1.69 bits per heavy atom. The number of pyridine rings is 1. The molecule has 0 fully saturated rings. The van der Waals surface area contributed by atoms with E-state index in [2.05, 4.69) is 15.6 Å². The summed E-state index contributed by atoms with van der Waals surface area (Å²) < 4.78 is 0. The molecule has 1 aromatic heterocycles. The van der Waals surface area contributed by atoms with E-state index in [4.69, 9.17) is 0 Å². The van der Waals surface area contributed by atoms with Gasteiger partial charge in [0.15, 0.2) is 0 Å². The molecule has 132 valence electrons. The quantitative estimate of drug-likeness (QED) is 0.716. The van der Waals surface area contributed by atoms with E-state index in [1.807, 2.05) is 80.5 Å². The molecule has 3 aromatic rings. The van der Waals surface area contributed by atoms with Crippen LogP contribution in [-0.4, -0.2) is 25.0 Å². The van der Waals surface area contributed by atoms with Gasteiger partial charge in [-0.1, -0.05) is 18.2 Å². The number of anilines is 4. The van der Waals surface area contributed by atoms with Crippen LogP contribution in [0.5, 0.6) is 0 Å². The fraction of sp³-hybridized carbons (Fsp3) is 0.143. The molecule has 1 heterocycles. The zero-order chi connectivity index (χ0) is 18.5. The molecule has 0 saturated carbocycles. The monoisotopic (exact) mass is 346 g/mol. The summed E-state index contributed by atoms with van der Waals surface area (Å²) in [5.74, 6) is -0.231. The first kappa shape index (κ1) is 17.5. The summed E-state index contributed by atoms with van der Waals surface area (Å²) in [4.78, 5) is 18.7. The highest BCUT2D eigenvalue weighted by molar-refractivity contribution is 6.03. The molecule has 26 heavy (non-hydrogen) atoms. The van der Waals surface area contributed by atoms with Gasteiger partial charge in [0.25, 0.3) is 5.91 Å². The Bertz CT molecular complexity index is 904. The second-order valence-electron chi connectivity index (χ2n) is 6.27. The number of carbonyl (C=O) groups is 1. The Kier molecular flexibility index (Phi) is 5.17. The maximum absolute atomic E-state index is 12.5. The van der Waals surface area contributed by atoms with E-state index in [9.17, 15) is 4.79 Å². The molecule has 2 N–H and O–H groups in total. The second-order valence-corrected chi connectivity index (χ2v) is 6.27. The van der Waals surface area contributed by atoms with Crippen molar-refractivity contribution < 1.29 is 4.79 Å². The standard InChI is InChI=1S/C21H22N4O/c1-15-6-4-5-7-19(15)24-21(26)20-14-17(12-13-22-20)23-16-8-10-18(11-9-16)25(2)3/h4-14H,1-3H3,(H,22,23)(H,24,26). The highest BCUT2D eigenvalue weighted by Crippen LogP contribution is 2.21. The molecule has 0 aliphatic heterocycles. The van der Waals surface area contributed by atoms with Gasteiger partial charge in [0, 0.05) is 43.0 Å². The minimum atomic E-state index is -0.231. The van der Waals surface area contributed by atoms with Crippen LogP contribution in [0.15, 0.2) is 66.9 Å². The topological polar surface area (TPSA) is 57.3 Å². The Labute approximate surface area is 153 Å². The summed E-state index contributed by atoms with van der Waals surface area (Å²) in [6.45, 7) is 1.96. The van der Waals surface area contributed by atoms with Crippen molar-refractivity contribution in [1.29, 1.82) is 0 Å². The van der Waals surface area contributed by atoms with E-state index >= 15 is 0 Å². The second kappa shape index (κ2) is 7.70. The van der Waals surface area contributed by atoms with Gasteiger partial charge < -0.3 is 15.5 Å². The normalized spacial score (nSPS) is 10.3. The molecule has 0 bridgehead atoms. The molecular formula is C21H22N4O. The lowest BCUT2D eigenvalue weighted by Gasteiger charge is -2.13. The van der Waals surface area contributed by atoms with E-state index in [1.54, 1.807) is 12.3 Å². The summed E-state index contributed by atoms with van der Waals surface area (Å²) in [5, 5.41) is 6.20. The van der Waals surface area contributed by atoms with E-state index in [0.717, 1.165) is 28.3 Å². The fourth-order valence-electron chi connectivity index (χ4n) is 2.54. The predicted octanol–water partition coefficient (Wildman–Crippen LogP) is 4.45. The highest BCUT2D eigenvalue weighted by Gasteiger charge is 2.10. The van der Waals surface area contributed by atoms with E-state index < -0.39 is 0 Å². The number of nitrogens with one attached hydrogen (secondary N) is 2. The van der Waals surface area contributed by atoms with Crippen LogP contribution in [0.1, 0.15) is 16.1 Å². The van der Waals surface area contributed by atoms with Crippen LogP contribution in [0.25, 0.3) is 0 Å². The number of carbonyl (C=O) groups excluding carboxylic acids is 1. The first-order chi connectivity index (χ1) is 12.5. The van der Waals surface area contributed by atoms with E-state index in [-0.39, 0.29) is 5.91 Å². The first-order valence-corrected chi connectivity index (χ1v) is 8.40. The summed E-state index contributed by atoms with van der Waals surface area (Å²) in [6, 6.07) is 19.3. The van der Waals surface area contributed by atoms with Crippen LogP contribution < -0.4 is 15.5 Å². The van der Waals surface area contributed by atoms with Crippen LogP contribution in [0.2, 0.25) is 0 Å². The van der Waals surface area contributed by atoms with Crippen molar-refractivity contribution in [3.63, 3.8) is 0 Å². The lowest BCUT2D eigenvalue weighted by Crippen LogP contribution is -2.14. The SMILES string of the molecule is Cc1ccccc1NC(=O)c1cc(Nc2ccc(N(C)C)cc2)ccn1. The number of rotatable bonds is 5. The molecule has 0 saturated heterocycles. The smallest absolute Gasteiger partial charge is 0.274 e. The first-order valence-electron chi connectivity index (χ1n) is 8.40. The van der Waals surface area contributed by atoms with E-state index in [0.29, 0.717) is 5.69 Å². The van der Waals surface area contributed by atoms with Gasteiger partial charge in [0.2, 0.25) is 0 Å². The Hall–Kier alpha value is -3.34. The lowest BCUT2D eigenvalue weighted by atomic mass is 10.2. The number of aryl methyl sites for hydroxylation is 1. The van der Waals surface area contributed by atoms with Crippen LogP contribution in [0.3, 0.4) is 0 Å². The largest absolute Gasteiger partial charge is 0.378 e. The maximum atomic E-state index is 12.5. The Balaban J connectivity index is 1.73. The average Bonchev–Trinajstić information content (AvgIpc) is 2.64. The number of aromatic nitrogens is 1. The molecule has 0 spiro atoms. The minimum Gasteiger partial charge on any atom is -0.378 e. The van der Waals surface area contributed by atoms with Gasteiger partial charge in [-0.05, 0) is 55.0 Å². The van der Waals surface area contributed by atoms with Crippen molar-refractivity contribution in [2.24, 2.45) is 0 Å². The minimum absolute atomic E-state index is 0.231. The third-order valence-electron chi connectivity index (χ3n) is 4.06. The molecule has 0 atom stereocenters. The third-order valence-corrected chi connectivity index (χ3v) is 4.06. The van der Waals surface area contributed by atoms with Gasteiger partial charge in [-0.2, -0.15) is 0 Å². The highest BCUT2D eigenvalue weighted by atomic mass is 16.1. The zero-order valence-electron chi connectivity index (χ0n) is 15.2. The number of benzene rings is 2. The number of hydrogen-bond donors (Lipinski definition) is 2. The summed E-state index contributed by atoms with van der Waals surface area (Å²) >= 11 is 0. The van der Waals surface area contributed by atoms with Crippen molar-refractivity contribution in [1.82, 2.24) is 4.98 Å². The molecule has 5 nitrogen and oxygen atoms in total. The lowest BCUT2D eigenvalue weighted by molar-refractivity contribution is 0.102. The Morgan fingerprint density at radius 1 is 0.962 bits per heavy atom. The summed E-state index contributed by atoms with van der Waals surface area (Å²) in [5.41, 5.74) is 5.05. The third kappa shape index (κ3) is 4.19. The molecule has 2 aromatic carbocycles. The maximum Gasteiger partial charge on any atom is 0.274 e. The van der Waals surface area contributed by atoms with Gasteiger partial charge in [-0.25, -0.2) is 0 Å². The number of para-hydroxylation sites is 1. The molecule has 0 aliphatic carbocycles. The molecule has 5 heteroatoms. The van der Waals surface area contributed by atoms with Crippen molar-refractivity contribution in [3.05, 3.63) is 78.1 Å². The summed E-state index contributed by atoms with van der Waals surface area (Å²) in [6.07, 6.45) is 1.63. The molecule has 0 radical (unpaired) electrons. The molecule has 0 aliphatic rings. The Morgan fingerprint density at radius 3 is 2.38 bits per heavy atom. The van der Waals surface area contributed by atoms with Gasteiger partial charge >= 0.3 is 0 Å². The van der Waals surface area contributed by atoms with Crippen LogP contribution in [0, 0.1) is 6.92 Å². The fourth-order valence-corrected chi connectivity index (χ4v) is 2.54. The predicted molar refractivity (Wildman–Crippen MR) is 107 cm³/mol. The van der Waals surface area contributed by atoms with Crippen molar-refractivity contribution in [2.75, 3.05) is 29.6 Å². The molecule has 1 amide bonds. The number of amides is 1. The van der Waals surface area contributed by atoms with Crippen LogP contribution in [0.4, 0.5) is 22.7 Å². The van der Waals surface area contributed by atoms with Crippen molar-refractivity contribution in [3.8, 4) is 0 Å². The van der Waals surface area contributed by atoms with Crippen LogP contribution >= 0.6 is 0 Å². The van der Waals surface area contributed by atoms with Crippen LogP contribution in [-0.2, 0) is 0 Å². The van der Waals surface area contributed by atoms with Crippen molar-refractivity contribution in [2.45, 2.75) is 6.92 Å². The van der Waals surface area contributed by atoms with Gasteiger partial charge in [-0.15, -0.1) is 0 Å². The zero-order valence-corrected chi connectivity index (χ0v) is 15.2. The van der Waals surface area contributed by atoms with Gasteiger partial charge in [0.05, 0.1) is 0 Å².